The Morgan fingerprint density at radius 1 is 1.37 bits per heavy atom. The van der Waals surface area contributed by atoms with E-state index in [1.807, 2.05) is 31.2 Å². The van der Waals surface area contributed by atoms with Crippen molar-refractivity contribution in [3.05, 3.63) is 29.8 Å². The Kier molecular flexibility index (Phi) is 5.85. The first kappa shape index (κ1) is 15.0. The molecule has 0 radical (unpaired) electrons. The number of amides is 2. The van der Waals surface area contributed by atoms with Gasteiger partial charge in [0.05, 0.1) is 6.61 Å². The SMILES string of the molecule is CCOc1ccccc1CCC(=O)NC(C)C(N)=O. The number of hydrogen-bond acceptors (Lipinski definition) is 3. The lowest BCUT2D eigenvalue weighted by Gasteiger charge is -2.12. The van der Waals surface area contributed by atoms with Gasteiger partial charge in [-0.25, -0.2) is 0 Å². The van der Waals surface area contributed by atoms with Gasteiger partial charge in [-0.15, -0.1) is 0 Å². The Morgan fingerprint density at radius 3 is 2.68 bits per heavy atom. The fraction of sp³-hybridized carbons (Fsp3) is 0.429. The molecular formula is C14H20N2O3. The van der Waals surface area contributed by atoms with E-state index in [0.717, 1.165) is 11.3 Å². The number of nitrogens with two attached hydrogens (primary N) is 1. The molecule has 0 aliphatic carbocycles. The number of aryl methyl sites for hydroxylation is 1. The summed E-state index contributed by atoms with van der Waals surface area (Å²) in [6.07, 6.45) is 0.856. The van der Waals surface area contributed by atoms with E-state index in [-0.39, 0.29) is 5.91 Å². The molecule has 2 amide bonds. The number of carbonyl (C=O) groups excluding carboxylic acids is 2. The van der Waals surface area contributed by atoms with Crippen LogP contribution in [0.2, 0.25) is 0 Å². The Bertz CT molecular complexity index is 446. The van der Waals surface area contributed by atoms with Crippen LogP contribution in [-0.2, 0) is 16.0 Å². The van der Waals surface area contributed by atoms with Crippen molar-refractivity contribution in [3.8, 4) is 5.75 Å². The first-order valence-electron chi connectivity index (χ1n) is 6.34. The molecule has 5 nitrogen and oxygen atoms in total. The van der Waals surface area contributed by atoms with Crippen molar-refractivity contribution in [2.75, 3.05) is 6.61 Å². The van der Waals surface area contributed by atoms with Crippen LogP contribution in [0.1, 0.15) is 25.8 Å². The van der Waals surface area contributed by atoms with E-state index in [2.05, 4.69) is 5.32 Å². The summed E-state index contributed by atoms with van der Waals surface area (Å²) in [7, 11) is 0. The van der Waals surface area contributed by atoms with Crippen molar-refractivity contribution in [3.63, 3.8) is 0 Å². The van der Waals surface area contributed by atoms with Gasteiger partial charge >= 0.3 is 0 Å². The second-order valence-electron chi connectivity index (χ2n) is 4.23. The van der Waals surface area contributed by atoms with Gasteiger partial charge in [0.1, 0.15) is 11.8 Å². The summed E-state index contributed by atoms with van der Waals surface area (Å²) in [5, 5.41) is 2.55. The van der Waals surface area contributed by atoms with Crippen molar-refractivity contribution < 1.29 is 14.3 Å². The smallest absolute Gasteiger partial charge is 0.239 e. The van der Waals surface area contributed by atoms with E-state index < -0.39 is 11.9 Å². The summed E-state index contributed by atoms with van der Waals surface area (Å²) in [6.45, 7) is 4.06. The van der Waals surface area contributed by atoms with Crippen LogP contribution < -0.4 is 15.8 Å². The van der Waals surface area contributed by atoms with Gasteiger partial charge in [-0.2, -0.15) is 0 Å². The number of hydrogen-bond donors (Lipinski definition) is 2. The van der Waals surface area contributed by atoms with Crippen LogP contribution in [0.4, 0.5) is 0 Å². The fourth-order valence-electron chi connectivity index (χ4n) is 1.64. The second-order valence-corrected chi connectivity index (χ2v) is 4.23. The van der Waals surface area contributed by atoms with Crippen molar-refractivity contribution >= 4 is 11.8 Å². The lowest BCUT2D eigenvalue weighted by atomic mass is 10.1. The molecule has 0 aliphatic rings. The molecule has 0 bridgehead atoms. The Labute approximate surface area is 113 Å². The lowest BCUT2D eigenvalue weighted by molar-refractivity contribution is -0.126. The van der Waals surface area contributed by atoms with Crippen molar-refractivity contribution in [1.82, 2.24) is 5.32 Å². The molecule has 5 heteroatoms. The summed E-state index contributed by atoms with van der Waals surface area (Å²) < 4.78 is 5.48. The average Bonchev–Trinajstić information content (AvgIpc) is 2.38. The molecular weight excluding hydrogens is 244 g/mol. The third kappa shape index (κ3) is 4.99. The number of primary amides is 1. The summed E-state index contributed by atoms with van der Waals surface area (Å²) in [5.74, 6) is 0.0569. The van der Waals surface area contributed by atoms with Crippen molar-refractivity contribution in [2.24, 2.45) is 5.73 Å². The zero-order valence-corrected chi connectivity index (χ0v) is 11.3. The first-order valence-corrected chi connectivity index (χ1v) is 6.34. The summed E-state index contributed by atoms with van der Waals surface area (Å²) in [6, 6.07) is 6.96. The van der Waals surface area contributed by atoms with E-state index in [4.69, 9.17) is 10.5 Å². The molecule has 1 unspecified atom stereocenters. The zero-order valence-electron chi connectivity index (χ0n) is 11.3. The first-order chi connectivity index (χ1) is 9.04. The van der Waals surface area contributed by atoms with Crippen LogP contribution in [0, 0.1) is 0 Å². The third-order valence-corrected chi connectivity index (χ3v) is 2.70. The molecule has 1 aromatic carbocycles. The lowest BCUT2D eigenvalue weighted by Crippen LogP contribution is -2.42. The zero-order chi connectivity index (χ0) is 14.3. The highest BCUT2D eigenvalue weighted by Gasteiger charge is 2.12. The van der Waals surface area contributed by atoms with E-state index in [1.165, 1.54) is 0 Å². The molecule has 0 heterocycles. The van der Waals surface area contributed by atoms with Gasteiger partial charge in [-0.3, -0.25) is 9.59 Å². The van der Waals surface area contributed by atoms with Gasteiger partial charge in [-0.1, -0.05) is 18.2 Å². The van der Waals surface area contributed by atoms with E-state index in [1.54, 1.807) is 6.92 Å². The quantitative estimate of drug-likeness (QED) is 0.771. The van der Waals surface area contributed by atoms with Crippen LogP contribution in [0.15, 0.2) is 24.3 Å². The van der Waals surface area contributed by atoms with Crippen molar-refractivity contribution in [2.45, 2.75) is 32.7 Å². The van der Waals surface area contributed by atoms with Gasteiger partial charge in [0, 0.05) is 6.42 Å². The molecule has 104 valence electrons. The summed E-state index contributed by atoms with van der Waals surface area (Å²) in [5.41, 5.74) is 6.06. The molecule has 0 spiro atoms. The molecule has 3 N–H and O–H groups in total. The molecule has 19 heavy (non-hydrogen) atoms. The number of benzene rings is 1. The Morgan fingerprint density at radius 2 is 2.05 bits per heavy atom. The summed E-state index contributed by atoms with van der Waals surface area (Å²) >= 11 is 0. The van der Waals surface area contributed by atoms with Gasteiger partial charge < -0.3 is 15.8 Å². The highest BCUT2D eigenvalue weighted by Crippen LogP contribution is 2.19. The molecule has 1 rings (SSSR count). The Balaban J connectivity index is 2.52. The molecule has 0 saturated heterocycles. The minimum absolute atomic E-state index is 0.197. The van der Waals surface area contributed by atoms with Gasteiger partial charge in [0.25, 0.3) is 0 Å². The van der Waals surface area contributed by atoms with Crippen LogP contribution in [0.5, 0.6) is 5.75 Å². The van der Waals surface area contributed by atoms with Gasteiger partial charge in [0.15, 0.2) is 0 Å². The molecule has 0 saturated carbocycles. The standard InChI is InChI=1S/C14H20N2O3/c1-3-19-12-7-5-4-6-11(12)8-9-13(17)16-10(2)14(15)18/h4-7,10H,3,8-9H2,1-2H3,(H2,15,18)(H,16,17). The van der Waals surface area contributed by atoms with Crippen molar-refractivity contribution in [1.29, 1.82) is 0 Å². The number of carbonyl (C=O) groups is 2. The maximum absolute atomic E-state index is 11.6. The van der Waals surface area contributed by atoms with Crippen LogP contribution in [0.25, 0.3) is 0 Å². The minimum atomic E-state index is -0.644. The average molecular weight is 264 g/mol. The maximum Gasteiger partial charge on any atom is 0.239 e. The molecule has 0 aliphatic heterocycles. The number of para-hydroxylation sites is 1. The van der Waals surface area contributed by atoms with Crippen LogP contribution in [-0.4, -0.2) is 24.5 Å². The predicted octanol–water partition coefficient (Wildman–Crippen LogP) is 1.01. The molecule has 1 aromatic rings. The van der Waals surface area contributed by atoms with E-state index >= 15 is 0 Å². The van der Waals surface area contributed by atoms with Gasteiger partial charge in [0.2, 0.25) is 11.8 Å². The fourth-order valence-corrected chi connectivity index (χ4v) is 1.64. The minimum Gasteiger partial charge on any atom is -0.494 e. The summed E-state index contributed by atoms with van der Waals surface area (Å²) in [4.78, 5) is 22.5. The second kappa shape index (κ2) is 7.41. The molecule has 1 atom stereocenters. The van der Waals surface area contributed by atoms with Crippen LogP contribution in [0.3, 0.4) is 0 Å². The monoisotopic (exact) mass is 264 g/mol. The Hall–Kier alpha value is -2.04. The largest absolute Gasteiger partial charge is 0.494 e. The highest BCUT2D eigenvalue weighted by atomic mass is 16.5. The predicted molar refractivity (Wildman–Crippen MR) is 72.7 cm³/mol. The highest BCUT2D eigenvalue weighted by molar-refractivity contribution is 5.86. The number of nitrogens with one attached hydrogen (secondary N) is 1. The molecule has 0 fully saturated rings. The van der Waals surface area contributed by atoms with Crippen LogP contribution >= 0.6 is 0 Å². The van der Waals surface area contributed by atoms with E-state index in [0.29, 0.717) is 19.4 Å². The molecule has 0 aromatic heterocycles. The van der Waals surface area contributed by atoms with Gasteiger partial charge in [-0.05, 0) is 31.9 Å². The number of ether oxygens (including phenoxy) is 1. The number of rotatable bonds is 7. The topological polar surface area (TPSA) is 81.4 Å². The normalized spacial score (nSPS) is 11.7. The van der Waals surface area contributed by atoms with E-state index in [9.17, 15) is 9.59 Å². The maximum atomic E-state index is 11.6. The third-order valence-electron chi connectivity index (χ3n) is 2.70.